The van der Waals surface area contributed by atoms with Crippen LogP contribution in [0.3, 0.4) is 0 Å². The first-order valence-corrected chi connectivity index (χ1v) is 11.2. The highest BCUT2D eigenvalue weighted by Gasteiger charge is 2.25. The second-order valence-electron chi connectivity index (χ2n) is 6.58. The van der Waals surface area contributed by atoms with Gasteiger partial charge in [-0.2, -0.15) is 0 Å². The predicted molar refractivity (Wildman–Crippen MR) is 113 cm³/mol. The Kier molecular flexibility index (Phi) is 6.21. The fraction of sp³-hybridized carbons (Fsp3) is 0.400. The number of hydrogen-bond donors (Lipinski definition) is 1. The minimum absolute atomic E-state index is 0.0136. The third-order valence-corrected chi connectivity index (χ3v) is 6.67. The summed E-state index contributed by atoms with van der Waals surface area (Å²) in [6, 6.07) is 9.71. The van der Waals surface area contributed by atoms with E-state index in [4.69, 9.17) is 14.5 Å². The largest absolute Gasteiger partial charge is 0.492 e. The molecule has 3 heterocycles. The van der Waals surface area contributed by atoms with E-state index in [-0.39, 0.29) is 5.91 Å². The SMILES string of the molecule is CCOc1cccc2sc(N(CC[NH+]3CCOCC3)C(=O)c3cccs3)nc12. The third-order valence-electron chi connectivity index (χ3n) is 4.77. The van der Waals surface area contributed by atoms with Crippen LogP contribution in [-0.2, 0) is 4.74 Å². The van der Waals surface area contributed by atoms with Crippen LogP contribution in [0.1, 0.15) is 16.6 Å². The van der Waals surface area contributed by atoms with Gasteiger partial charge in [-0.25, -0.2) is 4.98 Å². The first-order valence-electron chi connectivity index (χ1n) is 9.55. The zero-order chi connectivity index (χ0) is 19.3. The van der Waals surface area contributed by atoms with Crippen LogP contribution < -0.4 is 14.5 Å². The van der Waals surface area contributed by atoms with Crippen molar-refractivity contribution < 1.29 is 19.2 Å². The normalized spacial score (nSPS) is 15.0. The molecule has 0 unspecified atom stereocenters. The monoisotopic (exact) mass is 418 g/mol. The average molecular weight is 419 g/mol. The molecule has 0 atom stereocenters. The van der Waals surface area contributed by atoms with Crippen LogP contribution in [0.25, 0.3) is 10.2 Å². The Hall–Kier alpha value is -2.00. The minimum Gasteiger partial charge on any atom is -0.492 e. The molecule has 8 heteroatoms. The van der Waals surface area contributed by atoms with E-state index in [9.17, 15) is 4.79 Å². The lowest BCUT2D eigenvalue weighted by molar-refractivity contribution is -0.906. The fourth-order valence-corrected chi connectivity index (χ4v) is 4.98. The van der Waals surface area contributed by atoms with E-state index in [1.807, 2.05) is 47.5 Å². The Bertz CT molecular complexity index is 920. The number of carbonyl (C=O) groups excluding carboxylic acids is 1. The number of quaternary nitrogens is 1. The number of anilines is 1. The number of ether oxygens (including phenoxy) is 2. The minimum atomic E-state index is 0.0136. The van der Waals surface area contributed by atoms with Gasteiger partial charge in [-0.15, -0.1) is 11.3 Å². The summed E-state index contributed by atoms with van der Waals surface area (Å²) >= 11 is 3.01. The zero-order valence-corrected chi connectivity index (χ0v) is 17.5. The molecule has 28 heavy (non-hydrogen) atoms. The third kappa shape index (κ3) is 4.20. The van der Waals surface area contributed by atoms with Crippen molar-refractivity contribution >= 4 is 43.9 Å². The van der Waals surface area contributed by atoms with Crippen LogP contribution in [0.15, 0.2) is 35.7 Å². The van der Waals surface area contributed by atoms with Crippen molar-refractivity contribution in [3.63, 3.8) is 0 Å². The zero-order valence-electron chi connectivity index (χ0n) is 15.8. The number of thiazole rings is 1. The van der Waals surface area contributed by atoms with E-state index in [2.05, 4.69) is 0 Å². The first kappa shape index (κ1) is 19.3. The van der Waals surface area contributed by atoms with E-state index in [0.29, 0.717) is 13.2 Å². The molecule has 1 aromatic carbocycles. The van der Waals surface area contributed by atoms with Crippen LogP contribution in [0.5, 0.6) is 5.75 Å². The highest BCUT2D eigenvalue weighted by Crippen LogP contribution is 2.34. The lowest BCUT2D eigenvalue weighted by Crippen LogP contribution is -3.14. The second-order valence-corrected chi connectivity index (χ2v) is 8.54. The first-order chi connectivity index (χ1) is 13.8. The van der Waals surface area contributed by atoms with Gasteiger partial charge in [0.1, 0.15) is 24.4 Å². The molecule has 1 saturated heterocycles. The lowest BCUT2D eigenvalue weighted by Gasteiger charge is -2.26. The van der Waals surface area contributed by atoms with E-state index in [1.54, 1.807) is 11.3 Å². The standard InChI is InChI=1S/C20H23N3O3S2/c1-2-26-15-5-3-6-16-18(15)21-20(28-16)23(19(24)17-7-4-14-27-17)9-8-22-10-12-25-13-11-22/h3-7,14H,2,8-13H2,1H3/p+1. The number of nitrogens with zero attached hydrogens (tertiary/aromatic N) is 2. The quantitative estimate of drug-likeness (QED) is 0.640. The van der Waals surface area contributed by atoms with Gasteiger partial charge in [0.2, 0.25) is 0 Å². The van der Waals surface area contributed by atoms with E-state index >= 15 is 0 Å². The summed E-state index contributed by atoms with van der Waals surface area (Å²) < 4.78 is 12.2. The van der Waals surface area contributed by atoms with Crippen LogP contribution in [0, 0.1) is 0 Å². The molecule has 6 nitrogen and oxygen atoms in total. The van der Waals surface area contributed by atoms with E-state index in [1.165, 1.54) is 16.2 Å². The number of amides is 1. The van der Waals surface area contributed by atoms with Gasteiger partial charge in [0.05, 0.1) is 42.5 Å². The summed E-state index contributed by atoms with van der Waals surface area (Å²) in [5, 5.41) is 2.66. The number of hydrogen-bond acceptors (Lipinski definition) is 6. The predicted octanol–water partition coefficient (Wildman–Crippen LogP) is 2.32. The summed E-state index contributed by atoms with van der Waals surface area (Å²) in [5.74, 6) is 0.782. The Labute approximate surface area is 172 Å². The van der Waals surface area contributed by atoms with Crippen molar-refractivity contribution in [1.29, 1.82) is 0 Å². The number of aromatic nitrogens is 1. The molecule has 1 amide bonds. The maximum absolute atomic E-state index is 13.2. The van der Waals surface area contributed by atoms with Crippen molar-refractivity contribution in [2.45, 2.75) is 6.92 Å². The molecule has 0 spiro atoms. The Morgan fingerprint density at radius 1 is 1.29 bits per heavy atom. The molecule has 0 saturated carbocycles. The topological polar surface area (TPSA) is 56.1 Å². The van der Waals surface area contributed by atoms with Gasteiger partial charge in [0, 0.05) is 0 Å². The van der Waals surface area contributed by atoms with E-state index in [0.717, 1.165) is 58.8 Å². The maximum Gasteiger partial charge on any atom is 0.270 e. The number of rotatable bonds is 7. The molecule has 0 bridgehead atoms. The molecule has 0 aliphatic carbocycles. The van der Waals surface area contributed by atoms with Crippen LogP contribution >= 0.6 is 22.7 Å². The maximum atomic E-state index is 13.2. The molecule has 1 aliphatic rings. The highest BCUT2D eigenvalue weighted by molar-refractivity contribution is 7.22. The number of benzene rings is 1. The number of para-hydroxylation sites is 1. The molecule has 2 aromatic heterocycles. The van der Waals surface area contributed by atoms with Gasteiger partial charge in [0.25, 0.3) is 5.91 Å². The van der Waals surface area contributed by atoms with Crippen molar-refractivity contribution in [3.05, 3.63) is 40.6 Å². The van der Waals surface area contributed by atoms with Gasteiger partial charge >= 0.3 is 0 Å². The fourth-order valence-electron chi connectivity index (χ4n) is 3.30. The molecule has 1 aliphatic heterocycles. The Morgan fingerprint density at radius 3 is 2.89 bits per heavy atom. The molecule has 1 fully saturated rings. The molecule has 1 N–H and O–H groups in total. The number of carbonyl (C=O) groups is 1. The lowest BCUT2D eigenvalue weighted by atomic mass is 10.3. The molecule has 3 aromatic rings. The van der Waals surface area contributed by atoms with Crippen LogP contribution in [0.4, 0.5) is 5.13 Å². The van der Waals surface area contributed by atoms with Crippen molar-refractivity contribution in [1.82, 2.24) is 4.98 Å². The summed E-state index contributed by atoms with van der Waals surface area (Å²) in [4.78, 5) is 22.0. The molecule has 148 valence electrons. The number of nitrogens with one attached hydrogen (secondary N) is 1. The van der Waals surface area contributed by atoms with Crippen molar-refractivity contribution in [3.8, 4) is 5.75 Å². The summed E-state index contributed by atoms with van der Waals surface area (Å²) in [5.41, 5.74) is 0.826. The van der Waals surface area contributed by atoms with Gasteiger partial charge in [-0.1, -0.05) is 23.5 Å². The summed E-state index contributed by atoms with van der Waals surface area (Å²) in [6.45, 7) is 7.60. The van der Waals surface area contributed by atoms with Gasteiger partial charge in [-0.05, 0) is 30.5 Å². The van der Waals surface area contributed by atoms with Gasteiger partial charge < -0.3 is 14.4 Å². The molecular weight excluding hydrogens is 394 g/mol. The summed E-state index contributed by atoms with van der Waals surface area (Å²) in [6.07, 6.45) is 0. The van der Waals surface area contributed by atoms with Crippen LogP contribution in [0.2, 0.25) is 0 Å². The van der Waals surface area contributed by atoms with Crippen LogP contribution in [-0.4, -0.2) is 56.9 Å². The number of thiophene rings is 1. The molecular formula is C20H24N3O3S2+. The van der Waals surface area contributed by atoms with Crippen molar-refractivity contribution in [2.75, 3.05) is 50.9 Å². The van der Waals surface area contributed by atoms with Gasteiger partial charge in [0.15, 0.2) is 5.13 Å². The van der Waals surface area contributed by atoms with Crippen molar-refractivity contribution in [2.24, 2.45) is 0 Å². The number of fused-ring (bicyclic) bond motifs is 1. The average Bonchev–Trinajstić information content (AvgIpc) is 3.39. The van der Waals surface area contributed by atoms with E-state index < -0.39 is 0 Å². The Morgan fingerprint density at radius 2 is 2.14 bits per heavy atom. The summed E-state index contributed by atoms with van der Waals surface area (Å²) in [7, 11) is 0. The Balaban J connectivity index is 1.63. The molecule has 0 radical (unpaired) electrons. The number of morpholine rings is 1. The smallest absolute Gasteiger partial charge is 0.270 e. The van der Waals surface area contributed by atoms with Gasteiger partial charge in [-0.3, -0.25) is 9.69 Å². The highest BCUT2D eigenvalue weighted by atomic mass is 32.1. The molecule has 4 rings (SSSR count). The second kappa shape index (κ2) is 9.00.